The van der Waals surface area contributed by atoms with Gasteiger partial charge in [-0.05, 0) is 73.8 Å². The number of hydrogen-bond donors (Lipinski definition) is 1. The lowest BCUT2D eigenvalue weighted by Crippen LogP contribution is -2.46. The Morgan fingerprint density at radius 1 is 1.13 bits per heavy atom. The quantitative estimate of drug-likeness (QED) is 0.579. The highest BCUT2D eigenvalue weighted by atomic mass is 16.5. The molecule has 0 spiro atoms. The Hall–Kier alpha value is -2.69. The minimum atomic E-state index is 0.0215. The lowest BCUT2D eigenvalue weighted by molar-refractivity contribution is 0.158. The monoisotopic (exact) mass is 424 g/mol. The molecule has 1 aliphatic heterocycles. The second kappa shape index (κ2) is 10.6. The predicted molar refractivity (Wildman–Crippen MR) is 126 cm³/mol. The van der Waals surface area contributed by atoms with Gasteiger partial charge in [-0.3, -0.25) is 0 Å². The number of benzene rings is 2. The molecule has 1 unspecified atom stereocenters. The fourth-order valence-electron chi connectivity index (χ4n) is 4.46. The smallest absolute Gasteiger partial charge is 0.322 e. The third kappa shape index (κ3) is 5.52. The number of anilines is 1. The van der Waals surface area contributed by atoms with E-state index in [0.29, 0.717) is 5.92 Å². The number of nitrogens with zero attached hydrogens (tertiary/aromatic N) is 1. The maximum Gasteiger partial charge on any atom is 0.322 e. The Balaban J connectivity index is 1.70. The second-order valence-electron chi connectivity index (χ2n) is 8.70. The van der Waals surface area contributed by atoms with Crippen LogP contribution < -0.4 is 14.8 Å². The summed E-state index contributed by atoms with van der Waals surface area (Å²) in [4.78, 5) is 15.3. The van der Waals surface area contributed by atoms with E-state index in [4.69, 9.17) is 9.47 Å². The number of piperidine rings is 1. The zero-order valence-corrected chi connectivity index (χ0v) is 19.5. The van der Waals surface area contributed by atoms with Gasteiger partial charge in [0.2, 0.25) is 0 Å². The summed E-state index contributed by atoms with van der Waals surface area (Å²) in [6.07, 6.45) is 5.11. The van der Waals surface area contributed by atoms with Crippen LogP contribution >= 0.6 is 0 Å². The molecule has 0 bridgehead atoms. The number of aryl methyl sites for hydroxylation is 2. The van der Waals surface area contributed by atoms with Crippen LogP contribution in [0.5, 0.6) is 11.5 Å². The summed E-state index contributed by atoms with van der Waals surface area (Å²) < 4.78 is 10.8. The third-order valence-corrected chi connectivity index (χ3v) is 6.26. The topological polar surface area (TPSA) is 50.8 Å². The van der Waals surface area contributed by atoms with Gasteiger partial charge in [-0.15, -0.1) is 0 Å². The van der Waals surface area contributed by atoms with Crippen molar-refractivity contribution in [1.29, 1.82) is 0 Å². The van der Waals surface area contributed by atoms with Crippen LogP contribution in [0.2, 0.25) is 0 Å². The molecule has 0 aliphatic carbocycles. The van der Waals surface area contributed by atoms with E-state index < -0.39 is 0 Å². The SMILES string of the molecule is COc1ccc(CCC2CCCCN2C(=O)Nc2c(C)cccc2C(C)C)cc1OC. The van der Waals surface area contributed by atoms with Gasteiger partial charge < -0.3 is 19.7 Å². The van der Waals surface area contributed by atoms with E-state index in [9.17, 15) is 4.79 Å². The molecular weight excluding hydrogens is 388 g/mol. The first kappa shape index (κ1) is 23.0. The zero-order chi connectivity index (χ0) is 22.4. The minimum absolute atomic E-state index is 0.0215. The molecule has 1 saturated heterocycles. The van der Waals surface area contributed by atoms with Crippen LogP contribution in [0.25, 0.3) is 0 Å². The van der Waals surface area contributed by atoms with Crippen molar-refractivity contribution in [3.63, 3.8) is 0 Å². The van der Waals surface area contributed by atoms with Gasteiger partial charge in [-0.1, -0.05) is 38.1 Å². The number of rotatable bonds is 7. The van der Waals surface area contributed by atoms with Crippen molar-refractivity contribution in [2.24, 2.45) is 0 Å². The van der Waals surface area contributed by atoms with Crippen LogP contribution in [0, 0.1) is 6.92 Å². The molecule has 2 amide bonds. The molecule has 1 N–H and O–H groups in total. The van der Waals surface area contributed by atoms with Crippen molar-refractivity contribution < 1.29 is 14.3 Å². The molecule has 0 radical (unpaired) electrons. The minimum Gasteiger partial charge on any atom is -0.493 e. The maximum absolute atomic E-state index is 13.3. The average Bonchev–Trinajstić information content (AvgIpc) is 2.78. The molecule has 3 rings (SSSR count). The first-order valence-corrected chi connectivity index (χ1v) is 11.3. The number of nitrogens with one attached hydrogen (secondary N) is 1. The molecule has 1 heterocycles. The van der Waals surface area contributed by atoms with E-state index in [-0.39, 0.29) is 12.1 Å². The van der Waals surface area contributed by atoms with Crippen molar-refractivity contribution >= 4 is 11.7 Å². The molecule has 5 nitrogen and oxygen atoms in total. The van der Waals surface area contributed by atoms with Crippen LogP contribution in [-0.4, -0.2) is 37.7 Å². The van der Waals surface area contributed by atoms with Gasteiger partial charge in [-0.25, -0.2) is 4.79 Å². The van der Waals surface area contributed by atoms with Crippen molar-refractivity contribution in [2.75, 3.05) is 26.1 Å². The number of carbonyl (C=O) groups is 1. The summed E-state index contributed by atoms with van der Waals surface area (Å²) in [7, 11) is 3.31. The molecule has 1 fully saturated rings. The largest absolute Gasteiger partial charge is 0.493 e. The number of carbonyl (C=O) groups excluding carboxylic acids is 1. The summed E-state index contributed by atoms with van der Waals surface area (Å²) in [6.45, 7) is 7.20. The summed E-state index contributed by atoms with van der Waals surface area (Å²) in [6, 6.07) is 12.6. The fourth-order valence-corrected chi connectivity index (χ4v) is 4.46. The number of amides is 2. The molecule has 168 valence electrons. The normalized spacial score (nSPS) is 16.3. The Kier molecular flexibility index (Phi) is 7.83. The number of hydrogen-bond acceptors (Lipinski definition) is 3. The number of para-hydroxylation sites is 1. The van der Waals surface area contributed by atoms with Gasteiger partial charge in [-0.2, -0.15) is 0 Å². The van der Waals surface area contributed by atoms with Crippen LogP contribution in [-0.2, 0) is 6.42 Å². The zero-order valence-electron chi connectivity index (χ0n) is 19.5. The van der Waals surface area contributed by atoms with E-state index in [0.717, 1.165) is 55.0 Å². The third-order valence-electron chi connectivity index (χ3n) is 6.26. The Morgan fingerprint density at radius 3 is 2.61 bits per heavy atom. The van der Waals surface area contributed by atoms with Crippen molar-refractivity contribution in [3.05, 3.63) is 53.1 Å². The van der Waals surface area contributed by atoms with Crippen molar-refractivity contribution in [2.45, 2.75) is 64.8 Å². The van der Waals surface area contributed by atoms with E-state index in [2.05, 4.69) is 50.4 Å². The Bertz CT molecular complexity index is 894. The first-order chi connectivity index (χ1) is 14.9. The highest BCUT2D eigenvalue weighted by Crippen LogP contribution is 2.31. The van der Waals surface area contributed by atoms with Crippen molar-refractivity contribution in [3.8, 4) is 11.5 Å². The molecule has 0 saturated carbocycles. The molecule has 0 aromatic heterocycles. The highest BCUT2D eigenvalue weighted by molar-refractivity contribution is 5.91. The Morgan fingerprint density at radius 2 is 1.90 bits per heavy atom. The van der Waals surface area contributed by atoms with Crippen LogP contribution in [0.1, 0.15) is 62.1 Å². The lowest BCUT2D eigenvalue weighted by atomic mass is 9.95. The molecule has 1 atom stereocenters. The van der Waals surface area contributed by atoms with Gasteiger partial charge in [0.1, 0.15) is 0 Å². The predicted octanol–water partition coefficient (Wildman–Crippen LogP) is 6.15. The van der Waals surface area contributed by atoms with Gasteiger partial charge in [0.15, 0.2) is 11.5 Å². The van der Waals surface area contributed by atoms with Crippen LogP contribution in [0.4, 0.5) is 10.5 Å². The average molecular weight is 425 g/mol. The summed E-state index contributed by atoms with van der Waals surface area (Å²) in [5, 5.41) is 3.24. The van der Waals surface area contributed by atoms with Crippen LogP contribution in [0.15, 0.2) is 36.4 Å². The number of urea groups is 1. The first-order valence-electron chi connectivity index (χ1n) is 11.3. The molecule has 31 heavy (non-hydrogen) atoms. The van der Waals surface area contributed by atoms with E-state index in [1.807, 2.05) is 17.0 Å². The fraction of sp³-hybridized carbons (Fsp3) is 0.500. The molecule has 5 heteroatoms. The summed E-state index contributed by atoms with van der Waals surface area (Å²) >= 11 is 0. The summed E-state index contributed by atoms with van der Waals surface area (Å²) in [5.41, 5.74) is 4.46. The molecule has 1 aliphatic rings. The number of ether oxygens (including phenoxy) is 2. The maximum atomic E-state index is 13.3. The van der Waals surface area contributed by atoms with Gasteiger partial charge in [0.25, 0.3) is 0 Å². The second-order valence-corrected chi connectivity index (χ2v) is 8.70. The summed E-state index contributed by atoms with van der Waals surface area (Å²) in [5.74, 6) is 1.85. The standard InChI is InChI=1S/C26H36N2O3/c1-18(2)22-11-8-9-19(3)25(22)27-26(29)28-16-7-6-10-21(28)14-12-20-13-15-23(30-4)24(17-20)31-5/h8-9,11,13,15,17-18,21H,6-7,10,12,14,16H2,1-5H3,(H,27,29). The van der Waals surface area contributed by atoms with Crippen LogP contribution in [0.3, 0.4) is 0 Å². The molecule has 2 aromatic rings. The number of methoxy groups -OCH3 is 2. The molecule has 2 aromatic carbocycles. The number of likely N-dealkylation sites (tertiary alicyclic amines) is 1. The van der Waals surface area contributed by atoms with E-state index in [1.165, 1.54) is 17.5 Å². The lowest BCUT2D eigenvalue weighted by Gasteiger charge is -2.36. The van der Waals surface area contributed by atoms with E-state index >= 15 is 0 Å². The van der Waals surface area contributed by atoms with Crippen molar-refractivity contribution in [1.82, 2.24) is 4.90 Å². The van der Waals surface area contributed by atoms with Gasteiger partial charge in [0.05, 0.1) is 14.2 Å². The van der Waals surface area contributed by atoms with E-state index in [1.54, 1.807) is 14.2 Å². The van der Waals surface area contributed by atoms with Gasteiger partial charge >= 0.3 is 6.03 Å². The highest BCUT2D eigenvalue weighted by Gasteiger charge is 2.27. The Labute approximate surface area is 186 Å². The van der Waals surface area contributed by atoms with Gasteiger partial charge in [0, 0.05) is 18.3 Å². The molecular formula is C26H36N2O3.